The average Bonchev–Trinajstić information content (AvgIpc) is 3.09. The lowest BCUT2D eigenvalue weighted by Gasteiger charge is -2.22. The summed E-state index contributed by atoms with van der Waals surface area (Å²) in [4.78, 5) is 24.7. The molecule has 1 aromatic rings. The van der Waals surface area contributed by atoms with Crippen LogP contribution in [0.25, 0.3) is 0 Å². The zero-order valence-electron chi connectivity index (χ0n) is 20.6. The van der Waals surface area contributed by atoms with Gasteiger partial charge in [-0.3, -0.25) is 9.59 Å². The Balaban J connectivity index is 1.76. The highest BCUT2D eigenvalue weighted by molar-refractivity contribution is 8.00. The molecule has 5 atom stereocenters. The topological polar surface area (TPSA) is 83.8 Å². The fraction of sp³-hybridized carbons (Fsp3) is 0.704. The van der Waals surface area contributed by atoms with Gasteiger partial charge in [0.15, 0.2) is 0 Å². The second-order valence-corrected chi connectivity index (χ2v) is 10.7. The molecule has 0 spiro atoms. The minimum absolute atomic E-state index is 0.120. The molecule has 1 aliphatic rings. The molecule has 5 nitrogen and oxygen atoms in total. The summed E-state index contributed by atoms with van der Waals surface area (Å²) >= 11 is 1.54. The minimum Gasteiger partial charge on any atom is -0.469 e. The number of benzene rings is 1. The van der Waals surface area contributed by atoms with Crippen LogP contribution in [0.5, 0.6) is 0 Å². The van der Waals surface area contributed by atoms with Gasteiger partial charge in [-0.15, -0.1) is 0 Å². The minimum atomic E-state index is -0.634. The smallest absolute Gasteiger partial charge is 0.308 e. The number of ether oxygens (including phenoxy) is 1. The first-order chi connectivity index (χ1) is 16.3. The number of aliphatic hydroxyl groups is 2. The number of thioether (sulfide) groups is 1. The maximum absolute atomic E-state index is 13.1. The number of esters is 1. The average molecular weight is 497 g/mol. The predicted octanol–water partition coefficient (Wildman–Crippen LogP) is 5.10. The molecule has 7 heteroatoms. The van der Waals surface area contributed by atoms with Gasteiger partial charge in [-0.25, -0.2) is 4.39 Å². The van der Waals surface area contributed by atoms with Crippen molar-refractivity contribution in [2.45, 2.75) is 95.0 Å². The van der Waals surface area contributed by atoms with Gasteiger partial charge in [-0.2, -0.15) is 11.8 Å². The molecule has 0 heterocycles. The maximum atomic E-state index is 13.1. The number of carbonyl (C=O) groups excluding carboxylic acids is 2. The predicted molar refractivity (Wildman–Crippen MR) is 134 cm³/mol. The number of Topliss-reactive ketones (excluding diaryl/α,β-unsaturated/α-hetero) is 1. The van der Waals surface area contributed by atoms with Crippen LogP contribution in [0.3, 0.4) is 0 Å². The van der Waals surface area contributed by atoms with E-state index < -0.39 is 12.2 Å². The number of carbonyl (C=O) groups is 2. The summed E-state index contributed by atoms with van der Waals surface area (Å²) in [5.41, 5.74) is 0.902. The van der Waals surface area contributed by atoms with Crippen molar-refractivity contribution in [3.05, 3.63) is 35.6 Å². The molecule has 0 aliphatic heterocycles. The van der Waals surface area contributed by atoms with Crippen molar-refractivity contribution in [2.75, 3.05) is 12.9 Å². The monoisotopic (exact) mass is 496 g/mol. The molecule has 1 aliphatic carbocycles. The van der Waals surface area contributed by atoms with Gasteiger partial charge in [0.05, 0.1) is 25.2 Å². The normalized spacial score (nSPS) is 22.0. The first kappa shape index (κ1) is 28.8. The highest BCUT2D eigenvalue weighted by atomic mass is 32.2. The molecule has 1 aromatic carbocycles. The van der Waals surface area contributed by atoms with Crippen molar-refractivity contribution >= 4 is 23.5 Å². The Labute approximate surface area is 207 Å². The first-order valence-electron chi connectivity index (χ1n) is 12.7. The highest BCUT2D eigenvalue weighted by Gasteiger charge is 2.41. The molecular formula is C27H41FO5S. The Bertz CT molecular complexity index is 741. The lowest BCUT2D eigenvalue weighted by Crippen LogP contribution is -2.26. The van der Waals surface area contributed by atoms with Gasteiger partial charge >= 0.3 is 5.97 Å². The fourth-order valence-electron chi connectivity index (χ4n) is 4.72. The summed E-state index contributed by atoms with van der Waals surface area (Å²) in [7, 11) is 1.38. The summed E-state index contributed by atoms with van der Waals surface area (Å²) in [6.07, 6.45) is 7.64. The van der Waals surface area contributed by atoms with Crippen molar-refractivity contribution in [3.8, 4) is 0 Å². The number of unbranched alkanes of at least 4 members (excludes halogenated alkanes) is 4. The van der Waals surface area contributed by atoms with E-state index in [1.165, 1.54) is 31.0 Å². The van der Waals surface area contributed by atoms with Gasteiger partial charge in [0.1, 0.15) is 11.6 Å². The molecule has 0 amide bonds. The van der Waals surface area contributed by atoms with Gasteiger partial charge in [0, 0.05) is 23.3 Å². The van der Waals surface area contributed by atoms with Crippen LogP contribution in [-0.2, 0) is 20.7 Å². The number of hydrogen-bond acceptors (Lipinski definition) is 6. The zero-order valence-corrected chi connectivity index (χ0v) is 21.4. The van der Waals surface area contributed by atoms with Crippen molar-refractivity contribution in [3.63, 3.8) is 0 Å². The number of halogens is 1. The van der Waals surface area contributed by atoms with E-state index in [1.807, 2.05) is 0 Å². The Morgan fingerprint density at radius 1 is 1.15 bits per heavy atom. The summed E-state index contributed by atoms with van der Waals surface area (Å²) < 4.78 is 18.1. The molecule has 1 saturated carbocycles. The summed E-state index contributed by atoms with van der Waals surface area (Å²) in [6.45, 7) is 2.13. The third kappa shape index (κ3) is 9.67. The van der Waals surface area contributed by atoms with Gasteiger partial charge in [-0.05, 0) is 43.4 Å². The molecule has 0 saturated heterocycles. The number of methoxy groups -OCH3 is 1. The zero-order chi connectivity index (χ0) is 24.9. The molecule has 2 N–H and O–H groups in total. The van der Waals surface area contributed by atoms with Gasteiger partial charge in [0.2, 0.25) is 0 Å². The summed E-state index contributed by atoms with van der Waals surface area (Å²) in [5, 5.41) is 20.4. The van der Waals surface area contributed by atoms with Crippen molar-refractivity contribution < 1.29 is 28.9 Å². The molecule has 2 rings (SSSR count). The molecule has 192 valence electrons. The van der Waals surface area contributed by atoms with Crippen LogP contribution in [-0.4, -0.2) is 52.3 Å². The SMILES string of the molecule is CCCCCC(O)CS[C@H]1C(O)CC(=O)[C@@H]1CCCCCC(Cc1ccc(F)cc1)C(=O)OC. The van der Waals surface area contributed by atoms with Crippen LogP contribution < -0.4 is 0 Å². The summed E-state index contributed by atoms with van der Waals surface area (Å²) in [6, 6.07) is 6.19. The molecule has 3 unspecified atom stereocenters. The van der Waals surface area contributed by atoms with Crippen molar-refractivity contribution in [2.24, 2.45) is 11.8 Å². The molecule has 0 radical (unpaired) electrons. The Hall–Kier alpha value is -1.44. The van der Waals surface area contributed by atoms with Crippen LogP contribution >= 0.6 is 11.8 Å². The molecule has 1 fully saturated rings. The largest absolute Gasteiger partial charge is 0.469 e. The van der Waals surface area contributed by atoms with Crippen molar-refractivity contribution in [1.82, 2.24) is 0 Å². The number of ketones is 1. The molecule has 0 aromatic heterocycles. The van der Waals surface area contributed by atoms with Crippen LogP contribution in [0.2, 0.25) is 0 Å². The lowest BCUT2D eigenvalue weighted by molar-refractivity contribution is -0.145. The van der Waals surface area contributed by atoms with Crippen LogP contribution in [0.4, 0.5) is 4.39 Å². The molecule has 0 bridgehead atoms. The van der Waals surface area contributed by atoms with Gasteiger partial charge in [-0.1, -0.05) is 57.6 Å². The second kappa shape index (κ2) is 15.5. The Morgan fingerprint density at radius 3 is 2.53 bits per heavy atom. The Morgan fingerprint density at radius 2 is 1.85 bits per heavy atom. The molecular weight excluding hydrogens is 455 g/mol. The van der Waals surface area contributed by atoms with E-state index in [2.05, 4.69) is 6.92 Å². The molecule has 34 heavy (non-hydrogen) atoms. The van der Waals surface area contributed by atoms with Crippen molar-refractivity contribution in [1.29, 1.82) is 0 Å². The van der Waals surface area contributed by atoms with E-state index in [0.29, 0.717) is 18.6 Å². The van der Waals surface area contributed by atoms with E-state index in [0.717, 1.165) is 56.9 Å². The quantitative estimate of drug-likeness (QED) is 0.245. The van der Waals surface area contributed by atoms with E-state index in [4.69, 9.17) is 4.74 Å². The fourth-order valence-corrected chi connectivity index (χ4v) is 6.17. The third-order valence-corrected chi connectivity index (χ3v) is 8.32. The highest BCUT2D eigenvalue weighted by Crippen LogP contribution is 2.37. The van der Waals surface area contributed by atoms with Gasteiger partial charge < -0.3 is 14.9 Å². The standard InChI is InChI=1S/C27H41FO5S/c1-3-4-6-10-22(29)18-34-26-23(24(30)17-25(26)31)11-8-5-7-9-20(27(32)33-2)16-19-12-14-21(28)15-13-19/h12-15,20,22-23,25-26,29,31H,3-11,16-18H2,1-2H3/t20?,22?,23-,25?,26+/m0/s1. The first-order valence-corrected chi connectivity index (χ1v) is 13.7. The Kier molecular flexibility index (Phi) is 13.2. The van der Waals surface area contributed by atoms with Crippen LogP contribution in [0.1, 0.15) is 76.7 Å². The second-order valence-electron chi connectivity index (χ2n) is 9.48. The van der Waals surface area contributed by atoms with E-state index in [1.54, 1.807) is 12.1 Å². The van der Waals surface area contributed by atoms with Crippen LogP contribution in [0.15, 0.2) is 24.3 Å². The van der Waals surface area contributed by atoms with E-state index in [9.17, 15) is 24.2 Å². The third-order valence-electron chi connectivity index (χ3n) is 6.72. The lowest BCUT2D eigenvalue weighted by atomic mass is 9.92. The summed E-state index contributed by atoms with van der Waals surface area (Å²) in [5.74, 6) is -0.324. The number of hydrogen-bond donors (Lipinski definition) is 2. The van der Waals surface area contributed by atoms with Gasteiger partial charge in [0.25, 0.3) is 0 Å². The van der Waals surface area contributed by atoms with E-state index >= 15 is 0 Å². The van der Waals surface area contributed by atoms with Crippen LogP contribution in [0, 0.1) is 17.7 Å². The number of rotatable bonds is 16. The van der Waals surface area contributed by atoms with E-state index in [-0.39, 0.29) is 41.1 Å². The maximum Gasteiger partial charge on any atom is 0.308 e. The number of aliphatic hydroxyl groups excluding tert-OH is 2.